The van der Waals surface area contributed by atoms with Gasteiger partial charge >= 0.3 is 5.97 Å². The molecule has 7 nitrogen and oxygen atoms in total. The van der Waals surface area contributed by atoms with Crippen molar-refractivity contribution in [3.8, 4) is 0 Å². The molecule has 0 spiro atoms. The summed E-state index contributed by atoms with van der Waals surface area (Å²) in [5.41, 5.74) is 1.58. The molecule has 2 aromatic rings. The Labute approximate surface area is 193 Å². The van der Waals surface area contributed by atoms with E-state index in [9.17, 15) is 9.18 Å². The number of nitrogens with zero attached hydrogens (tertiary/aromatic N) is 3. The van der Waals surface area contributed by atoms with Crippen LogP contribution in [0, 0.1) is 5.82 Å². The summed E-state index contributed by atoms with van der Waals surface area (Å²) < 4.78 is 24.8. The molecule has 1 N–H and O–H groups in total. The van der Waals surface area contributed by atoms with Crippen molar-refractivity contribution in [3.63, 3.8) is 0 Å². The van der Waals surface area contributed by atoms with Crippen LogP contribution in [0.1, 0.15) is 29.5 Å². The van der Waals surface area contributed by atoms with Crippen LogP contribution in [0.5, 0.6) is 0 Å². The lowest BCUT2D eigenvalue weighted by atomic mass is 9.95. The molecule has 2 unspecified atom stereocenters. The fraction of sp³-hybridized carbons (Fsp3) is 0.409. The summed E-state index contributed by atoms with van der Waals surface area (Å²) in [4.78, 5) is 24.4. The third-order valence-corrected chi connectivity index (χ3v) is 7.03. The molecule has 0 radical (unpaired) electrons. The zero-order valence-corrected chi connectivity index (χ0v) is 19.0. The quantitative estimate of drug-likeness (QED) is 0.667. The summed E-state index contributed by atoms with van der Waals surface area (Å²) in [5, 5.41) is 6.08. The van der Waals surface area contributed by atoms with Gasteiger partial charge < -0.3 is 14.8 Å². The highest BCUT2D eigenvalue weighted by Gasteiger charge is 2.37. The smallest absolute Gasteiger partial charge is 0.338 e. The molecule has 32 heavy (non-hydrogen) atoms. The molecule has 1 aromatic carbocycles. The predicted molar refractivity (Wildman–Crippen MR) is 119 cm³/mol. The molecule has 10 heteroatoms. The Morgan fingerprint density at radius 2 is 2.16 bits per heavy atom. The molecule has 2 saturated heterocycles. The fourth-order valence-electron chi connectivity index (χ4n) is 4.52. The summed E-state index contributed by atoms with van der Waals surface area (Å²) in [7, 11) is 1.34. The second-order valence-corrected chi connectivity index (χ2v) is 9.35. The summed E-state index contributed by atoms with van der Waals surface area (Å²) in [6.07, 6.45) is 4.24. The number of halogens is 2. The number of esters is 1. The van der Waals surface area contributed by atoms with E-state index in [0.717, 1.165) is 25.9 Å². The molecule has 3 aliphatic heterocycles. The Balaban J connectivity index is 1.57. The first kappa shape index (κ1) is 21.5. The summed E-state index contributed by atoms with van der Waals surface area (Å²) >= 11 is 7.83. The van der Waals surface area contributed by atoms with Crippen LogP contribution >= 0.6 is 22.9 Å². The van der Waals surface area contributed by atoms with Crippen molar-refractivity contribution in [1.82, 2.24) is 15.2 Å². The molecular formula is C22H22ClFN4O3S. The summed E-state index contributed by atoms with van der Waals surface area (Å²) in [6.45, 7) is 2.09. The molecule has 0 amide bonds. The van der Waals surface area contributed by atoms with E-state index in [-0.39, 0.29) is 17.2 Å². The SMILES string of the molecule is COC(=O)C1=C(CN2CC3CCC(C2)O3)NC(c2nccs2)=N[C@H]1c1ccc(F)cc1Cl. The summed E-state index contributed by atoms with van der Waals surface area (Å²) in [6, 6.07) is 3.36. The van der Waals surface area contributed by atoms with Gasteiger partial charge in [-0.1, -0.05) is 17.7 Å². The van der Waals surface area contributed by atoms with Crippen molar-refractivity contribution in [2.45, 2.75) is 31.1 Å². The normalized spacial score (nSPS) is 25.5. The van der Waals surface area contributed by atoms with Gasteiger partial charge in [0.2, 0.25) is 0 Å². The second kappa shape index (κ2) is 8.90. The molecule has 5 rings (SSSR count). The molecule has 2 fully saturated rings. The van der Waals surface area contributed by atoms with Crippen molar-refractivity contribution < 1.29 is 18.7 Å². The Kier molecular flexibility index (Phi) is 5.98. The zero-order valence-electron chi connectivity index (χ0n) is 17.4. The average Bonchev–Trinajstić information content (AvgIpc) is 3.42. The van der Waals surface area contributed by atoms with E-state index >= 15 is 0 Å². The first-order valence-electron chi connectivity index (χ1n) is 10.4. The Bertz CT molecular complexity index is 1080. The van der Waals surface area contributed by atoms with Crippen LogP contribution in [0.2, 0.25) is 5.02 Å². The van der Waals surface area contributed by atoms with Crippen LogP contribution in [-0.4, -0.2) is 60.6 Å². The number of ether oxygens (including phenoxy) is 2. The van der Waals surface area contributed by atoms with Gasteiger partial charge in [-0.05, 0) is 25.0 Å². The first-order valence-corrected chi connectivity index (χ1v) is 11.7. The van der Waals surface area contributed by atoms with Crippen molar-refractivity contribution in [3.05, 3.63) is 62.5 Å². The van der Waals surface area contributed by atoms with Gasteiger partial charge in [-0.3, -0.25) is 9.89 Å². The van der Waals surface area contributed by atoms with Crippen LogP contribution in [0.4, 0.5) is 4.39 Å². The van der Waals surface area contributed by atoms with E-state index in [1.165, 1.54) is 30.6 Å². The lowest BCUT2D eigenvalue weighted by Gasteiger charge is -2.35. The molecule has 2 bridgehead atoms. The second-order valence-electron chi connectivity index (χ2n) is 8.04. The van der Waals surface area contributed by atoms with Crippen molar-refractivity contribution >= 4 is 34.7 Å². The molecule has 3 aliphatic rings. The minimum atomic E-state index is -0.747. The van der Waals surface area contributed by atoms with Crippen molar-refractivity contribution in [2.24, 2.45) is 4.99 Å². The predicted octanol–water partition coefficient (Wildman–Crippen LogP) is 3.32. The highest BCUT2D eigenvalue weighted by atomic mass is 35.5. The fourth-order valence-corrected chi connectivity index (χ4v) is 5.38. The molecule has 1 aromatic heterocycles. The number of carbonyl (C=O) groups is 1. The Morgan fingerprint density at radius 3 is 2.81 bits per heavy atom. The monoisotopic (exact) mass is 476 g/mol. The van der Waals surface area contributed by atoms with Gasteiger partial charge in [0.15, 0.2) is 10.8 Å². The number of nitrogens with one attached hydrogen (secondary N) is 1. The van der Waals surface area contributed by atoms with Crippen LogP contribution in [0.15, 0.2) is 46.0 Å². The third-order valence-electron chi connectivity index (χ3n) is 5.92. The zero-order chi connectivity index (χ0) is 22.2. The number of aromatic nitrogens is 1. The number of methoxy groups -OCH3 is 1. The van der Waals surface area contributed by atoms with E-state index in [2.05, 4.69) is 15.2 Å². The van der Waals surface area contributed by atoms with Crippen LogP contribution < -0.4 is 5.32 Å². The summed E-state index contributed by atoms with van der Waals surface area (Å²) in [5.74, 6) is -0.412. The van der Waals surface area contributed by atoms with Crippen LogP contribution in [0.25, 0.3) is 0 Å². The maximum Gasteiger partial charge on any atom is 0.338 e. The molecule has 0 saturated carbocycles. The maximum atomic E-state index is 13.7. The Morgan fingerprint density at radius 1 is 1.38 bits per heavy atom. The van der Waals surface area contributed by atoms with Gasteiger partial charge in [0, 0.05) is 47.5 Å². The number of aliphatic imine (C=N–C) groups is 1. The number of carbonyl (C=O) groups excluding carboxylic acids is 1. The van der Waals surface area contributed by atoms with Gasteiger partial charge in [-0.2, -0.15) is 0 Å². The molecule has 4 heterocycles. The number of fused-ring (bicyclic) bond motifs is 2. The number of hydrogen-bond donors (Lipinski definition) is 1. The number of rotatable bonds is 5. The Hall–Kier alpha value is -2.33. The van der Waals surface area contributed by atoms with E-state index in [0.29, 0.717) is 34.2 Å². The minimum Gasteiger partial charge on any atom is -0.466 e. The molecule has 3 atom stereocenters. The number of morpholine rings is 1. The standard InChI is InChI=1S/C22H22ClFN4O3S/c1-30-22(29)18-17(11-28-9-13-3-4-14(10-28)31-13)26-20(21-25-6-7-32-21)27-19(18)15-5-2-12(24)8-16(15)23/h2,5-8,13-14,19H,3-4,9-11H2,1H3,(H,26,27)/t13?,14?,19-/m0/s1. The first-order chi connectivity index (χ1) is 15.5. The largest absolute Gasteiger partial charge is 0.466 e. The highest BCUT2D eigenvalue weighted by molar-refractivity contribution is 7.11. The number of benzene rings is 1. The topological polar surface area (TPSA) is 76.0 Å². The van der Waals surface area contributed by atoms with Crippen LogP contribution in [-0.2, 0) is 14.3 Å². The van der Waals surface area contributed by atoms with Gasteiger partial charge in [-0.15, -0.1) is 11.3 Å². The van der Waals surface area contributed by atoms with Gasteiger partial charge in [0.25, 0.3) is 0 Å². The highest BCUT2D eigenvalue weighted by Crippen LogP contribution is 2.37. The number of thiazole rings is 1. The van der Waals surface area contributed by atoms with Crippen LogP contribution in [0.3, 0.4) is 0 Å². The minimum absolute atomic E-state index is 0.198. The lowest BCUT2D eigenvalue weighted by Crippen LogP contribution is -2.46. The molecule has 168 valence electrons. The maximum absolute atomic E-state index is 13.7. The molecule has 0 aliphatic carbocycles. The van der Waals surface area contributed by atoms with Crippen molar-refractivity contribution in [1.29, 1.82) is 0 Å². The average molecular weight is 477 g/mol. The van der Waals surface area contributed by atoms with E-state index in [4.69, 9.17) is 26.1 Å². The lowest BCUT2D eigenvalue weighted by molar-refractivity contribution is -0.136. The molecular weight excluding hydrogens is 455 g/mol. The van der Waals surface area contributed by atoms with Gasteiger partial charge in [0.1, 0.15) is 11.9 Å². The van der Waals surface area contributed by atoms with E-state index in [1.54, 1.807) is 12.3 Å². The van der Waals surface area contributed by atoms with Gasteiger partial charge in [0.05, 0.1) is 24.9 Å². The van der Waals surface area contributed by atoms with E-state index in [1.807, 2.05) is 5.38 Å². The van der Waals surface area contributed by atoms with Crippen molar-refractivity contribution in [2.75, 3.05) is 26.7 Å². The third kappa shape index (κ3) is 4.17. The number of likely N-dealkylation sites (tertiary alicyclic amines) is 1. The van der Waals surface area contributed by atoms with Gasteiger partial charge in [-0.25, -0.2) is 14.2 Å². The number of amidine groups is 1. The van der Waals surface area contributed by atoms with E-state index < -0.39 is 17.8 Å². The number of hydrogen-bond acceptors (Lipinski definition) is 8.